The van der Waals surface area contributed by atoms with Gasteiger partial charge in [0.2, 0.25) is 10.0 Å². The van der Waals surface area contributed by atoms with E-state index in [1.165, 1.54) is 32.4 Å². The Morgan fingerprint density at radius 3 is 2.65 bits per heavy atom. The molecule has 3 aromatic rings. The average Bonchev–Trinajstić information content (AvgIpc) is 3.28. The number of carbonyl (C=O) groups excluding carboxylic acids is 1. The molecule has 2 aliphatic heterocycles. The maximum Gasteiger partial charge on any atom is 0.280 e. The number of fused-ring (bicyclic) bond motifs is 7. The molecule has 0 N–H and O–H groups in total. The molecule has 11 nitrogen and oxygen atoms in total. The van der Waals surface area contributed by atoms with Crippen molar-refractivity contribution in [3.05, 3.63) is 45.6 Å². The first-order valence-corrected chi connectivity index (χ1v) is 14.9. The van der Waals surface area contributed by atoms with Crippen LogP contribution in [0.15, 0.2) is 23.0 Å². The van der Waals surface area contributed by atoms with Gasteiger partial charge in [0.05, 0.1) is 25.5 Å². The number of ether oxygens (including phenoxy) is 2. The summed E-state index contributed by atoms with van der Waals surface area (Å²) in [5.74, 6) is -0.429. The standard InChI is InChI=1S/C27H34FN5O6S/c1-6-31-14-16(2)33-22-21(24(38-5)23(33)27(31)35)26(34)32-15-18-10-11-19(28)13-20(18)39-12-8-7-9-17(3)40(36,37)30(4)25(22)29-32/h10-11,13,16-17H,6-9,12,14-15H2,1-5H3/t16-,17?/m0/s1. The van der Waals surface area contributed by atoms with Crippen LogP contribution in [0.3, 0.4) is 0 Å². The Morgan fingerprint density at radius 2 is 1.95 bits per heavy atom. The summed E-state index contributed by atoms with van der Waals surface area (Å²) < 4.78 is 57.1. The van der Waals surface area contributed by atoms with E-state index in [2.05, 4.69) is 5.10 Å². The van der Waals surface area contributed by atoms with E-state index in [0.29, 0.717) is 37.9 Å². The summed E-state index contributed by atoms with van der Waals surface area (Å²) in [5, 5.41) is 3.88. The van der Waals surface area contributed by atoms with Crippen LogP contribution in [0, 0.1) is 5.82 Å². The predicted octanol–water partition coefficient (Wildman–Crippen LogP) is 3.15. The molecule has 0 radical (unpaired) electrons. The molecule has 4 heterocycles. The zero-order valence-electron chi connectivity index (χ0n) is 23.3. The number of hydrogen-bond acceptors (Lipinski definition) is 7. The van der Waals surface area contributed by atoms with Crippen LogP contribution < -0.4 is 19.3 Å². The molecule has 13 heteroatoms. The van der Waals surface area contributed by atoms with Gasteiger partial charge in [0, 0.05) is 37.8 Å². The molecule has 40 heavy (non-hydrogen) atoms. The summed E-state index contributed by atoms with van der Waals surface area (Å²) in [6, 6.07) is 3.77. The van der Waals surface area contributed by atoms with Crippen molar-refractivity contribution in [2.24, 2.45) is 0 Å². The molecule has 0 saturated heterocycles. The first kappa shape index (κ1) is 27.9. The van der Waals surface area contributed by atoms with Gasteiger partial charge in [-0.25, -0.2) is 17.5 Å². The van der Waals surface area contributed by atoms with E-state index in [-0.39, 0.29) is 59.0 Å². The highest BCUT2D eigenvalue weighted by Gasteiger charge is 2.39. The van der Waals surface area contributed by atoms with Crippen molar-refractivity contribution in [3.63, 3.8) is 0 Å². The Hall–Kier alpha value is -3.61. The molecule has 1 amide bonds. The molecule has 1 aromatic carbocycles. The number of nitrogens with zero attached hydrogens (tertiary/aromatic N) is 5. The Morgan fingerprint density at radius 1 is 1.20 bits per heavy atom. The van der Waals surface area contributed by atoms with Crippen molar-refractivity contribution in [1.82, 2.24) is 19.2 Å². The Kier molecular flexibility index (Phi) is 7.28. The molecule has 0 fully saturated rings. The number of aromatic nitrogens is 3. The van der Waals surface area contributed by atoms with Crippen molar-refractivity contribution in [1.29, 1.82) is 0 Å². The van der Waals surface area contributed by atoms with E-state index < -0.39 is 26.6 Å². The van der Waals surface area contributed by atoms with Gasteiger partial charge in [-0.3, -0.25) is 13.9 Å². The van der Waals surface area contributed by atoms with E-state index in [1.54, 1.807) is 16.4 Å². The molecule has 1 unspecified atom stereocenters. The third-order valence-electron chi connectivity index (χ3n) is 7.84. The van der Waals surface area contributed by atoms with Gasteiger partial charge < -0.3 is 18.9 Å². The van der Waals surface area contributed by atoms with Gasteiger partial charge in [0.15, 0.2) is 17.3 Å². The lowest BCUT2D eigenvalue weighted by atomic mass is 10.2. The predicted molar refractivity (Wildman–Crippen MR) is 148 cm³/mol. The number of sulfonamides is 1. The van der Waals surface area contributed by atoms with Gasteiger partial charge in [-0.15, -0.1) is 5.10 Å². The summed E-state index contributed by atoms with van der Waals surface area (Å²) in [4.78, 5) is 29.3. The van der Waals surface area contributed by atoms with Crippen molar-refractivity contribution in [2.45, 2.75) is 57.9 Å². The Bertz CT molecular complexity index is 1650. The number of benzene rings is 1. The smallest absolute Gasteiger partial charge is 0.280 e. The molecular weight excluding hydrogens is 541 g/mol. The highest BCUT2D eigenvalue weighted by atomic mass is 32.2. The molecule has 0 spiro atoms. The zero-order chi connectivity index (χ0) is 28.9. The van der Waals surface area contributed by atoms with Crippen LogP contribution in [0.4, 0.5) is 10.2 Å². The van der Waals surface area contributed by atoms with E-state index >= 15 is 0 Å². The first-order chi connectivity index (χ1) is 19.0. The van der Waals surface area contributed by atoms with E-state index in [1.807, 2.05) is 13.8 Å². The van der Waals surface area contributed by atoms with Crippen LogP contribution in [-0.2, 0) is 16.6 Å². The largest absolute Gasteiger partial charge is 0.493 e. The molecular formula is C27H34FN5O6S. The molecule has 5 rings (SSSR count). The van der Waals surface area contributed by atoms with Crippen molar-refractivity contribution < 1.29 is 27.1 Å². The number of amides is 1. The lowest BCUT2D eigenvalue weighted by Crippen LogP contribution is -2.42. The number of rotatable bonds is 2. The Balaban J connectivity index is 1.87. The van der Waals surface area contributed by atoms with Gasteiger partial charge in [0.1, 0.15) is 22.5 Å². The van der Waals surface area contributed by atoms with Crippen LogP contribution in [0.1, 0.15) is 62.1 Å². The third-order valence-corrected chi connectivity index (χ3v) is 10.0. The third kappa shape index (κ3) is 4.40. The number of likely N-dealkylation sites (N-methyl/N-ethyl adjacent to an activating group) is 1. The summed E-state index contributed by atoms with van der Waals surface area (Å²) in [7, 11) is -1.12. The maximum absolute atomic E-state index is 14.1. The van der Waals surface area contributed by atoms with Gasteiger partial charge in [-0.1, -0.05) is 6.07 Å². The van der Waals surface area contributed by atoms with E-state index in [4.69, 9.17) is 9.47 Å². The summed E-state index contributed by atoms with van der Waals surface area (Å²) in [5.41, 5.74) is 0.341. The lowest BCUT2D eigenvalue weighted by Gasteiger charge is -2.33. The number of halogens is 1. The molecule has 216 valence electrons. The first-order valence-electron chi connectivity index (χ1n) is 13.4. The van der Waals surface area contributed by atoms with Crippen molar-refractivity contribution in [3.8, 4) is 11.5 Å². The molecule has 2 atom stereocenters. The summed E-state index contributed by atoms with van der Waals surface area (Å²) in [6.07, 6.45) is 1.52. The monoisotopic (exact) mass is 575 g/mol. The van der Waals surface area contributed by atoms with Gasteiger partial charge in [0.25, 0.3) is 11.5 Å². The topological polar surface area (TPSA) is 116 Å². The van der Waals surface area contributed by atoms with Crippen LogP contribution in [0.2, 0.25) is 0 Å². The minimum Gasteiger partial charge on any atom is -0.493 e. The van der Waals surface area contributed by atoms with Crippen LogP contribution >= 0.6 is 0 Å². The minimum atomic E-state index is -3.91. The van der Waals surface area contributed by atoms with Crippen molar-refractivity contribution in [2.75, 3.05) is 38.2 Å². The number of hydrogen-bond donors (Lipinski definition) is 0. The average molecular weight is 576 g/mol. The molecule has 2 aliphatic rings. The van der Waals surface area contributed by atoms with E-state index in [9.17, 15) is 22.4 Å². The molecule has 2 bridgehead atoms. The fourth-order valence-corrected chi connectivity index (χ4v) is 6.97. The number of anilines is 1. The van der Waals surface area contributed by atoms with Crippen molar-refractivity contribution >= 4 is 32.7 Å². The number of methoxy groups -OCH3 is 1. The van der Waals surface area contributed by atoms with E-state index in [0.717, 1.165) is 8.99 Å². The van der Waals surface area contributed by atoms with Gasteiger partial charge in [-0.05, 0) is 46.1 Å². The lowest BCUT2D eigenvalue weighted by molar-refractivity contribution is 0.0685. The number of carbonyl (C=O) groups is 1. The van der Waals surface area contributed by atoms with Crippen LogP contribution in [0.5, 0.6) is 11.5 Å². The quantitative estimate of drug-likeness (QED) is 0.461. The molecule has 2 aromatic heterocycles. The van der Waals surface area contributed by atoms with Gasteiger partial charge >= 0.3 is 0 Å². The molecule has 0 aliphatic carbocycles. The second kappa shape index (κ2) is 10.4. The Labute approximate surface area is 232 Å². The normalized spacial score (nSPS) is 21.4. The summed E-state index contributed by atoms with van der Waals surface area (Å²) in [6.45, 7) is 6.39. The fraction of sp³-hybridized carbons (Fsp3) is 0.519. The zero-order valence-corrected chi connectivity index (χ0v) is 24.1. The van der Waals surface area contributed by atoms with Gasteiger partial charge in [-0.2, -0.15) is 0 Å². The van der Waals surface area contributed by atoms with Crippen LogP contribution in [-0.4, -0.2) is 72.7 Å². The summed E-state index contributed by atoms with van der Waals surface area (Å²) >= 11 is 0. The highest BCUT2D eigenvalue weighted by Crippen LogP contribution is 2.41. The fourth-order valence-electron chi connectivity index (χ4n) is 5.60. The second-order valence-electron chi connectivity index (χ2n) is 10.4. The highest BCUT2D eigenvalue weighted by molar-refractivity contribution is 7.93. The minimum absolute atomic E-state index is 0.0113. The maximum atomic E-state index is 14.1. The molecule has 0 saturated carbocycles. The van der Waals surface area contributed by atoms with Crippen LogP contribution in [0.25, 0.3) is 10.9 Å². The SMILES string of the molecule is CCN1C[C@H](C)n2c(c(OC)c3c(=O)n4nc(c32)N(C)S(=O)(=O)C(C)CCCCOc2cc(F)ccc2C4)C1=O. The second-order valence-corrected chi connectivity index (χ2v) is 12.8.